The number of hydrogen-bond donors (Lipinski definition) is 1. The number of ether oxygens (including phenoxy) is 1. The van der Waals surface area contributed by atoms with E-state index in [1.807, 2.05) is 0 Å². The van der Waals surface area contributed by atoms with Crippen molar-refractivity contribution < 1.29 is 14.3 Å². The second-order valence-electron chi connectivity index (χ2n) is 6.86. The zero-order chi connectivity index (χ0) is 19.1. The van der Waals surface area contributed by atoms with Gasteiger partial charge in [-0.15, -0.1) is 5.10 Å². The van der Waals surface area contributed by atoms with Gasteiger partial charge in [-0.05, 0) is 24.6 Å². The van der Waals surface area contributed by atoms with Crippen LogP contribution in [0.5, 0.6) is 5.88 Å². The van der Waals surface area contributed by atoms with Crippen LogP contribution in [-0.4, -0.2) is 50.9 Å². The average molecular weight is 396 g/mol. The summed E-state index contributed by atoms with van der Waals surface area (Å²) in [6.07, 6.45) is 1.59. The number of benzene rings is 1. The monoisotopic (exact) mass is 396 g/mol. The summed E-state index contributed by atoms with van der Waals surface area (Å²) in [5.41, 5.74) is 2.34. The Kier molecular flexibility index (Phi) is 4.38. The summed E-state index contributed by atoms with van der Waals surface area (Å²) in [6.45, 7) is 5.07. The van der Waals surface area contributed by atoms with Crippen molar-refractivity contribution in [3.8, 4) is 17.5 Å². The van der Waals surface area contributed by atoms with Gasteiger partial charge in [-0.1, -0.05) is 41.2 Å². The van der Waals surface area contributed by atoms with Crippen molar-refractivity contribution in [2.24, 2.45) is 0 Å². The molecule has 1 atom stereocenters. The first-order valence-corrected chi connectivity index (χ1v) is 10.0. The molecule has 28 heavy (non-hydrogen) atoms. The standard InChI is InChI=1S/C20H20N4O3S/c1-13-4-2-5-14(12-13)16(23-7-10-26-11-8-23)17-19(25)24-20(28-17)21-18(22-24)15-6-3-9-27-15/h2-6,9,12,16,25H,7-8,10-11H2,1H3. The maximum absolute atomic E-state index is 11.0. The molecule has 0 amide bonds. The molecule has 7 nitrogen and oxygen atoms in total. The van der Waals surface area contributed by atoms with Crippen molar-refractivity contribution >= 4 is 16.3 Å². The van der Waals surface area contributed by atoms with Crippen molar-refractivity contribution in [3.05, 3.63) is 58.7 Å². The number of morpholine rings is 1. The van der Waals surface area contributed by atoms with Gasteiger partial charge in [0.05, 0.1) is 30.4 Å². The van der Waals surface area contributed by atoms with Crippen molar-refractivity contribution in [3.63, 3.8) is 0 Å². The van der Waals surface area contributed by atoms with Gasteiger partial charge < -0.3 is 14.3 Å². The van der Waals surface area contributed by atoms with E-state index in [9.17, 15) is 5.11 Å². The van der Waals surface area contributed by atoms with E-state index in [0.29, 0.717) is 29.8 Å². The number of rotatable bonds is 4. The molecule has 3 aromatic heterocycles. The van der Waals surface area contributed by atoms with Gasteiger partial charge in [0.15, 0.2) is 5.76 Å². The van der Waals surface area contributed by atoms with Gasteiger partial charge in [0, 0.05) is 13.1 Å². The third-order valence-corrected chi connectivity index (χ3v) is 6.03. The molecule has 5 rings (SSSR count). The number of furan rings is 1. The molecule has 0 aliphatic carbocycles. The Morgan fingerprint density at radius 1 is 1.18 bits per heavy atom. The van der Waals surface area contributed by atoms with Crippen LogP contribution >= 0.6 is 11.3 Å². The molecule has 8 heteroatoms. The molecule has 0 bridgehead atoms. The second-order valence-corrected chi connectivity index (χ2v) is 7.87. The Morgan fingerprint density at radius 3 is 2.75 bits per heavy atom. The molecule has 4 aromatic rings. The maximum atomic E-state index is 11.0. The second kappa shape index (κ2) is 7.05. The summed E-state index contributed by atoms with van der Waals surface area (Å²) in [4.78, 5) is 8.38. The molecule has 1 fully saturated rings. The van der Waals surface area contributed by atoms with Crippen LogP contribution in [0.1, 0.15) is 22.0 Å². The average Bonchev–Trinajstić information content (AvgIpc) is 3.42. The fraction of sp³-hybridized carbons (Fsp3) is 0.300. The van der Waals surface area contributed by atoms with Crippen molar-refractivity contribution in [2.75, 3.05) is 26.3 Å². The molecular weight excluding hydrogens is 376 g/mol. The zero-order valence-corrected chi connectivity index (χ0v) is 16.2. The quantitative estimate of drug-likeness (QED) is 0.569. The number of thiazole rings is 1. The van der Waals surface area contributed by atoms with E-state index in [0.717, 1.165) is 23.5 Å². The lowest BCUT2D eigenvalue weighted by atomic mass is 10.0. The summed E-state index contributed by atoms with van der Waals surface area (Å²) in [5.74, 6) is 1.18. The molecule has 4 heterocycles. The number of aromatic hydroxyl groups is 1. The highest BCUT2D eigenvalue weighted by molar-refractivity contribution is 7.17. The van der Waals surface area contributed by atoms with E-state index >= 15 is 0 Å². The van der Waals surface area contributed by atoms with Crippen molar-refractivity contribution in [1.29, 1.82) is 0 Å². The van der Waals surface area contributed by atoms with Crippen LogP contribution in [0.2, 0.25) is 0 Å². The summed E-state index contributed by atoms with van der Waals surface area (Å²) in [5, 5.41) is 15.5. The van der Waals surface area contributed by atoms with Gasteiger partial charge in [0.2, 0.25) is 16.7 Å². The Bertz CT molecular complexity index is 1100. The fourth-order valence-corrected chi connectivity index (χ4v) is 4.76. The minimum atomic E-state index is -0.0654. The first kappa shape index (κ1) is 17.4. The minimum absolute atomic E-state index is 0.0654. The highest BCUT2D eigenvalue weighted by Gasteiger charge is 2.31. The lowest BCUT2D eigenvalue weighted by molar-refractivity contribution is 0.0241. The fourth-order valence-electron chi connectivity index (χ4n) is 3.64. The smallest absolute Gasteiger partial charge is 0.230 e. The Morgan fingerprint density at radius 2 is 2.04 bits per heavy atom. The van der Waals surface area contributed by atoms with Gasteiger partial charge in [0.1, 0.15) is 0 Å². The van der Waals surface area contributed by atoms with Crippen molar-refractivity contribution in [2.45, 2.75) is 13.0 Å². The summed E-state index contributed by atoms with van der Waals surface area (Å²) in [7, 11) is 0. The zero-order valence-electron chi connectivity index (χ0n) is 15.4. The number of aromatic nitrogens is 3. The molecule has 0 radical (unpaired) electrons. The number of nitrogens with zero attached hydrogens (tertiary/aromatic N) is 4. The molecule has 1 aromatic carbocycles. The van der Waals surface area contributed by atoms with E-state index in [4.69, 9.17) is 9.15 Å². The van der Waals surface area contributed by atoms with Crippen LogP contribution in [0.25, 0.3) is 16.5 Å². The van der Waals surface area contributed by atoms with Crippen LogP contribution in [0, 0.1) is 6.92 Å². The molecule has 1 aliphatic rings. The highest BCUT2D eigenvalue weighted by atomic mass is 32.1. The number of aryl methyl sites for hydroxylation is 1. The Hall–Kier alpha value is -2.68. The Labute approximate surface area is 165 Å². The lowest BCUT2D eigenvalue weighted by Crippen LogP contribution is -2.39. The molecule has 1 N–H and O–H groups in total. The third kappa shape index (κ3) is 2.99. The topological polar surface area (TPSA) is 76.0 Å². The number of fused-ring (bicyclic) bond motifs is 1. The van der Waals surface area contributed by atoms with Gasteiger partial charge in [-0.25, -0.2) is 0 Å². The first-order chi connectivity index (χ1) is 13.7. The predicted octanol–water partition coefficient (Wildman–Crippen LogP) is 3.49. The summed E-state index contributed by atoms with van der Waals surface area (Å²) in [6, 6.07) is 12.0. The van der Waals surface area contributed by atoms with Crippen LogP contribution < -0.4 is 0 Å². The van der Waals surface area contributed by atoms with Crippen molar-refractivity contribution in [1.82, 2.24) is 19.5 Å². The van der Waals surface area contributed by atoms with Gasteiger partial charge in [-0.3, -0.25) is 4.90 Å². The molecule has 144 valence electrons. The van der Waals surface area contributed by atoms with E-state index in [1.165, 1.54) is 21.4 Å². The van der Waals surface area contributed by atoms with Crippen LogP contribution in [0.4, 0.5) is 0 Å². The largest absolute Gasteiger partial charge is 0.492 e. The van der Waals surface area contributed by atoms with E-state index < -0.39 is 0 Å². The lowest BCUT2D eigenvalue weighted by Gasteiger charge is -2.34. The molecule has 1 unspecified atom stereocenters. The normalized spacial score (nSPS) is 16.6. The van der Waals surface area contributed by atoms with Gasteiger partial charge in [-0.2, -0.15) is 9.50 Å². The van der Waals surface area contributed by atoms with Gasteiger partial charge >= 0.3 is 0 Å². The first-order valence-electron chi connectivity index (χ1n) is 9.21. The minimum Gasteiger partial charge on any atom is -0.492 e. The van der Waals surface area contributed by atoms with E-state index in [-0.39, 0.29) is 11.9 Å². The summed E-state index contributed by atoms with van der Waals surface area (Å²) < 4.78 is 12.4. The van der Waals surface area contributed by atoms with Crippen LogP contribution in [0.3, 0.4) is 0 Å². The maximum Gasteiger partial charge on any atom is 0.230 e. The molecule has 1 aliphatic heterocycles. The molecule has 0 spiro atoms. The third-order valence-electron chi connectivity index (χ3n) is 4.96. The van der Waals surface area contributed by atoms with E-state index in [1.54, 1.807) is 18.4 Å². The number of hydrogen-bond acceptors (Lipinski definition) is 7. The molecule has 1 saturated heterocycles. The molecular formula is C20H20N4O3S. The van der Waals surface area contributed by atoms with Crippen LogP contribution in [0.15, 0.2) is 47.1 Å². The molecule has 0 saturated carbocycles. The highest BCUT2D eigenvalue weighted by Crippen LogP contribution is 2.40. The Balaban J connectivity index is 1.60. The summed E-state index contributed by atoms with van der Waals surface area (Å²) >= 11 is 1.46. The van der Waals surface area contributed by atoms with E-state index in [2.05, 4.69) is 46.2 Å². The SMILES string of the molecule is Cc1cccc(C(c2sc3nc(-c4ccco4)nn3c2O)N2CCOCC2)c1. The van der Waals surface area contributed by atoms with Gasteiger partial charge in [0.25, 0.3) is 0 Å². The predicted molar refractivity (Wildman–Crippen MR) is 106 cm³/mol. The van der Waals surface area contributed by atoms with Crippen LogP contribution in [-0.2, 0) is 4.74 Å².